The van der Waals surface area contributed by atoms with Gasteiger partial charge in [-0.1, -0.05) is 97.1 Å². The molecule has 0 spiro atoms. The van der Waals surface area contributed by atoms with Crippen LogP contribution in [0.1, 0.15) is 11.1 Å². The summed E-state index contributed by atoms with van der Waals surface area (Å²) in [6.07, 6.45) is 0. The Labute approximate surface area is 166 Å². The van der Waals surface area contributed by atoms with E-state index in [0.29, 0.717) is 0 Å². The zero-order valence-electron chi connectivity index (χ0n) is 16.2. The van der Waals surface area contributed by atoms with Crippen molar-refractivity contribution >= 4 is 21.5 Å². The molecule has 0 saturated carbocycles. The number of fused-ring (bicyclic) bond motifs is 3. The molecule has 5 aromatic carbocycles. The van der Waals surface area contributed by atoms with Crippen LogP contribution in [0, 0.1) is 13.8 Å². The van der Waals surface area contributed by atoms with Gasteiger partial charge in [0.25, 0.3) is 0 Å². The van der Waals surface area contributed by atoms with Gasteiger partial charge in [0.05, 0.1) is 0 Å². The smallest absolute Gasteiger partial charge is 0.00670 e. The van der Waals surface area contributed by atoms with Gasteiger partial charge in [-0.05, 0) is 68.8 Å². The van der Waals surface area contributed by atoms with Crippen molar-refractivity contribution in [3.63, 3.8) is 0 Å². The first-order chi connectivity index (χ1) is 13.7. The highest BCUT2D eigenvalue weighted by Crippen LogP contribution is 2.41. The molecular formula is C28H22. The first kappa shape index (κ1) is 16.8. The third-order valence-corrected chi connectivity index (χ3v) is 5.85. The minimum atomic E-state index is 1.26. The largest absolute Gasteiger partial charge is 0.0622 e. The van der Waals surface area contributed by atoms with Crippen molar-refractivity contribution in [1.82, 2.24) is 0 Å². The van der Waals surface area contributed by atoms with Crippen molar-refractivity contribution in [3.8, 4) is 22.3 Å². The zero-order chi connectivity index (χ0) is 19.1. The highest BCUT2D eigenvalue weighted by atomic mass is 14.2. The molecule has 0 amide bonds. The SMILES string of the molecule is Cc1cc2c(ccc3ccccc32)c(-c2ccccc2-c2ccccc2)c1C. The molecule has 0 N–H and O–H groups in total. The highest BCUT2D eigenvalue weighted by Gasteiger charge is 2.15. The van der Waals surface area contributed by atoms with Crippen molar-refractivity contribution < 1.29 is 0 Å². The molecule has 0 atom stereocenters. The van der Waals surface area contributed by atoms with Crippen molar-refractivity contribution in [3.05, 3.63) is 108 Å². The van der Waals surface area contributed by atoms with Crippen LogP contribution in [0.2, 0.25) is 0 Å². The summed E-state index contributed by atoms with van der Waals surface area (Å²) in [4.78, 5) is 0. The fourth-order valence-electron chi connectivity index (χ4n) is 4.31. The molecule has 0 heteroatoms. The van der Waals surface area contributed by atoms with E-state index in [2.05, 4.69) is 111 Å². The van der Waals surface area contributed by atoms with E-state index in [0.717, 1.165) is 0 Å². The van der Waals surface area contributed by atoms with Crippen LogP contribution >= 0.6 is 0 Å². The predicted molar refractivity (Wildman–Crippen MR) is 122 cm³/mol. The van der Waals surface area contributed by atoms with Gasteiger partial charge in [-0.3, -0.25) is 0 Å². The molecule has 0 aromatic heterocycles. The van der Waals surface area contributed by atoms with Crippen LogP contribution in [0.5, 0.6) is 0 Å². The molecule has 0 bridgehead atoms. The fraction of sp³-hybridized carbons (Fsp3) is 0.0714. The van der Waals surface area contributed by atoms with E-state index < -0.39 is 0 Å². The summed E-state index contributed by atoms with van der Waals surface area (Å²) in [6, 6.07) is 35.0. The molecule has 28 heavy (non-hydrogen) atoms. The predicted octanol–water partition coefficient (Wildman–Crippen LogP) is 7.94. The molecule has 5 aromatic rings. The minimum absolute atomic E-state index is 1.26. The van der Waals surface area contributed by atoms with Gasteiger partial charge in [-0.15, -0.1) is 0 Å². The Balaban J connectivity index is 1.91. The first-order valence-corrected chi connectivity index (χ1v) is 9.80. The van der Waals surface area contributed by atoms with Gasteiger partial charge in [0.1, 0.15) is 0 Å². The Morgan fingerprint density at radius 2 is 1.18 bits per heavy atom. The number of rotatable bonds is 2. The van der Waals surface area contributed by atoms with Crippen molar-refractivity contribution in [2.24, 2.45) is 0 Å². The number of hydrogen-bond acceptors (Lipinski definition) is 0. The molecule has 0 aliphatic rings. The van der Waals surface area contributed by atoms with Crippen molar-refractivity contribution in [1.29, 1.82) is 0 Å². The average Bonchev–Trinajstić information content (AvgIpc) is 2.75. The van der Waals surface area contributed by atoms with E-state index >= 15 is 0 Å². The molecule has 0 aliphatic carbocycles. The number of aryl methyl sites for hydroxylation is 1. The lowest BCUT2D eigenvalue weighted by molar-refractivity contribution is 1.36. The second kappa shape index (κ2) is 6.65. The summed E-state index contributed by atoms with van der Waals surface area (Å²) >= 11 is 0. The molecule has 5 rings (SSSR count). The maximum Gasteiger partial charge on any atom is -0.00670 e. The maximum atomic E-state index is 2.35. The van der Waals surface area contributed by atoms with Crippen molar-refractivity contribution in [2.75, 3.05) is 0 Å². The third kappa shape index (κ3) is 2.61. The van der Waals surface area contributed by atoms with E-state index in [1.807, 2.05) is 0 Å². The van der Waals surface area contributed by atoms with Crippen LogP contribution in [-0.2, 0) is 0 Å². The van der Waals surface area contributed by atoms with Gasteiger partial charge < -0.3 is 0 Å². The van der Waals surface area contributed by atoms with E-state index in [1.54, 1.807) is 0 Å². The summed E-state index contributed by atoms with van der Waals surface area (Å²) in [5.41, 5.74) is 7.88. The van der Waals surface area contributed by atoms with Gasteiger partial charge in [0.2, 0.25) is 0 Å². The summed E-state index contributed by atoms with van der Waals surface area (Å²) in [6.45, 7) is 4.48. The van der Waals surface area contributed by atoms with E-state index in [-0.39, 0.29) is 0 Å². The Hall–Kier alpha value is -3.38. The standard InChI is InChI=1S/C28H22/c1-19-18-27-24-14-7-6-12-22(24)16-17-26(27)28(20(19)2)25-15-9-8-13-23(25)21-10-4-3-5-11-21/h3-18H,1-2H3. The van der Waals surface area contributed by atoms with E-state index in [9.17, 15) is 0 Å². The maximum absolute atomic E-state index is 2.35. The normalized spacial score (nSPS) is 11.2. The monoisotopic (exact) mass is 358 g/mol. The number of benzene rings is 5. The Kier molecular flexibility index (Phi) is 3.98. The van der Waals surface area contributed by atoms with E-state index in [1.165, 1.54) is 54.9 Å². The third-order valence-electron chi connectivity index (χ3n) is 5.85. The van der Waals surface area contributed by atoms with Crippen LogP contribution in [0.15, 0.2) is 97.1 Å². The van der Waals surface area contributed by atoms with Crippen LogP contribution in [0.25, 0.3) is 43.8 Å². The zero-order valence-corrected chi connectivity index (χ0v) is 16.2. The van der Waals surface area contributed by atoms with Crippen LogP contribution in [0.3, 0.4) is 0 Å². The lowest BCUT2D eigenvalue weighted by atomic mass is 9.85. The lowest BCUT2D eigenvalue weighted by Gasteiger charge is -2.18. The summed E-state index contributed by atoms with van der Waals surface area (Å²) < 4.78 is 0. The first-order valence-electron chi connectivity index (χ1n) is 9.80. The molecule has 0 aliphatic heterocycles. The van der Waals surface area contributed by atoms with Gasteiger partial charge in [0, 0.05) is 0 Å². The Bertz CT molecular complexity index is 1310. The minimum Gasteiger partial charge on any atom is -0.0622 e. The molecule has 0 radical (unpaired) electrons. The van der Waals surface area contributed by atoms with Gasteiger partial charge in [0.15, 0.2) is 0 Å². The molecule has 0 unspecified atom stereocenters. The molecule has 0 fully saturated rings. The molecule has 0 saturated heterocycles. The van der Waals surface area contributed by atoms with Gasteiger partial charge >= 0.3 is 0 Å². The lowest BCUT2D eigenvalue weighted by Crippen LogP contribution is -1.93. The quantitative estimate of drug-likeness (QED) is 0.281. The topological polar surface area (TPSA) is 0 Å². The fourth-order valence-corrected chi connectivity index (χ4v) is 4.31. The second-order valence-corrected chi connectivity index (χ2v) is 7.49. The molecule has 0 heterocycles. The summed E-state index contributed by atoms with van der Waals surface area (Å²) in [7, 11) is 0. The average molecular weight is 358 g/mol. The van der Waals surface area contributed by atoms with Crippen molar-refractivity contribution in [2.45, 2.75) is 13.8 Å². The van der Waals surface area contributed by atoms with E-state index in [4.69, 9.17) is 0 Å². The molecule has 0 nitrogen and oxygen atoms in total. The Morgan fingerprint density at radius 1 is 0.500 bits per heavy atom. The van der Waals surface area contributed by atoms with Gasteiger partial charge in [-0.2, -0.15) is 0 Å². The second-order valence-electron chi connectivity index (χ2n) is 7.49. The Morgan fingerprint density at radius 3 is 2.00 bits per heavy atom. The highest BCUT2D eigenvalue weighted by molar-refractivity contribution is 6.14. The summed E-state index contributed by atoms with van der Waals surface area (Å²) in [5.74, 6) is 0. The molecular weight excluding hydrogens is 336 g/mol. The number of hydrogen-bond donors (Lipinski definition) is 0. The molecule has 134 valence electrons. The van der Waals surface area contributed by atoms with Crippen LogP contribution in [-0.4, -0.2) is 0 Å². The van der Waals surface area contributed by atoms with Crippen LogP contribution < -0.4 is 0 Å². The summed E-state index contributed by atoms with van der Waals surface area (Å²) in [5, 5.41) is 5.27. The van der Waals surface area contributed by atoms with Gasteiger partial charge in [-0.25, -0.2) is 0 Å². The van der Waals surface area contributed by atoms with Crippen LogP contribution in [0.4, 0.5) is 0 Å².